The third kappa shape index (κ3) is 8.66. The van der Waals surface area contributed by atoms with Crippen molar-refractivity contribution in [3.8, 4) is 11.5 Å². The molecule has 0 radical (unpaired) electrons. The summed E-state index contributed by atoms with van der Waals surface area (Å²) < 4.78 is 49.3. The van der Waals surface area contributed by atoms with Crippen molar-refractivity contribution in [1.82, 2.24) is 15.2 Å². The van der Waals surface area contributed by atoms with E-state index in [1.54, 1.807) is 42.5 Å². The van der Waals surface area contributed by atoms with Gasteiger partial charge in [0.1, 0.15) is 17.2 Å². The zero-order chi connectivity index (χ0) is 27.7. The summed E-state index contributed by atoms with van der Waals surface area (Å²) in [5.41, 5.74) is 0.336. The molecule has 1 aromatic heterocycles. The number of nitrogens with zero attached hydrogens (tertiary/aromatic N) is 2. The fourth-order valence-corrected chi connectivity index (χ4v) is 3.76. The number of morpholine rings is 1. The highest BCUT2D eigenvalue weighted by molar-refractivity contribution is 6.01. The number of alkyl halides is 3. The van der Waals surface area contributed by atoms with E-state index in [2.05, 4.69) is 20.5 Å². The number of carbonyl (C=O) groups is 2. The minimum atomic E-state index is -4.44. The number of amides is 2. The molecule has 0 aliphatic carbocycles. The molecule has 1 aliphatic heterocycles. The van der Waals surface area contributed by atoms with Crippen molar-refractivity contribution < 1.29 is 32.2 Å². The zero-order valence-electron chi connectivity index (χ0n) is 20.9. The lowest BCUT2D eigenvalue weighted by Crippen LogP contribution is -2.41. The van der Waals surface area contributed by atoms with E-state index in [1.807, 2.05) is 0 Å². The van der Waals surface area contributed by atoms with Crippen LogP contribution in [0.4, 0.5) is 18.9 Å². The van der Waals surface area contributed by atoms with Gasteiger partial charge >= 0.3 is 6.18 Å². The molecule has 0 unspecified atom stereocenters. The van der Waals surface area contributed by atoms with Gasteiger partial charge in [-0.15, -0.1) is 0 Å². The van der Waals surface area contributed by atoms with E-state index < -0.39 is 17.6 Å². The maximum absolute atomic E-state index is 12.7. The first-order chi connectivity index (χ1) is 18.8. The average Bonchev–Trinajstić information content (AvgIpc) is 2.93. The number of hydrogen-bond donors (Lipinski definition) is 2. The van der Waals surface area contributed by atoms with Crippen LogP contribution in [0.5, 0.6) is 11.5 Å². The lowest BCUT2D eigenvalue weighted by atomic mass is 10.2. The molecule has 2 amide bonds. The molecule has 0 spiro atoms. The third-order valence-electron chi connectivity index (χ3n) is 5.78. The van der Waals surface area contributed by atoms with Crippen LogP contribution in [0.25, 0.3) is 6.08 Å². The van der Waals surface area contributed by atoms with Crippen LogP contribution in [0.2, 0.25) is 0 Å². The molecule has 1 fully saturated rings. The Labute approximate surface area is 223 Å². The number of carbonyl (C=O) groups excluding carboxylic acids is 2. The summed E-state index contributed by atoms with van der Waals surface area (Å²) in [5, 5.41) is 5.38. The van der Waals surface area contributed by atoms with Crippen LogP contribution in [0.15, 0.2) is 72.9 Å². The van der Waals surface area contributed by atoms with Gasteiger partial charge in [0, 0.05) is 50.2 Å². The smallest absolute Gasteiger partial charge is 0.416 e. The molecule has 1 saturated heterocycles. The second-order valence-corrected chi connectivity index (χ2v) is 8.66. The molecule has 2 heterocycles. The summed E-state index contributed by atoms with van der Waals surface area (Å²) in [4.78, 5) is 31.1. The first-order valence-electron chi connectivity index (χ1n) is 12.2. The van der Waals surface area contributed by atoms with E-state index in [0.717, 1.165) is 31.8 Å². The van der Waals surface area contributed by atoms with E-state index >= 15 is 0 Å². The predicted octanol–water partition coefficient (Wildman–Crippen LogP) is 4.61. The molecule has 204 valence electrons. The van der Waals surface area contributed by atoms with Crippen molar-refractivity contribution >= 4 is 23.6 Å². The zero-order valence-corrected chi connectivity index (χ0v) is 20.9. The number of hydrogen-bond acceptors (Lipinski definition) is 6. The number of anilines is 1. The van der Waals surface area contributed by atoms with Crippen LogP contribution in [-0.4, -0.2) is 61.1 Å². The quantitative estimate of drug-likeness (QED) is 0.386. The van der Waals surface area contributed by atoms with Gasteiger partial charge < -0.3 is 20.1 Å². The van der Waals surface area contributed by atoms with Crippen molar-refractivity contribution in [2.24, 2.45) is 0 Å². The van der Waals surface area contributed by atoms with Crippen LogP contribution < -0.4 is 15.4 Å². The van der Waals surface area contributed by atoms with Gasteiger partial charge in [-0.1, -0.05) is 12.1 Å². The highest BCUT2D eigenvalue weighted by atomic mass is 19.4. The molecule has 0 atom stereocenters. The number of aromatic nitrogens is 1. The fraction of sp³-hybridized carbons (Fsp3) is 0.250. The predicted molar refractivity (Wildman–Crippen MR) is 139 cm³/mol. The number of ether oxygens (including phenoxy) is 2. The number of pyridine rings is 1. The second kappa shape index (κ2) is 13.0. The summed E-state index contributed by atoms with van der Waals surface area (Å²) in [5.74, 6) is 0.0959. The molecule has 11 heteroatoms. The maximum atomic E-state index is 12.7. The first-order valence-corrected chi connectivity index (χ1v) is 12.2. The minimum Gasteiger partial charge on any atom is -0.457 e. The molecule has 39 heavy (non-hydrogen) atoms. The molecule has 4 rings (SSSR count). The van der Waals surface area contributed by atoms with Crippen molar-refractivity contribution in [1.29, 1.82) is 0 Å². The minimum absolute atomic E-state index is 0.227. The summed E-state index contributed by atoms with van der Waals surface area (Å²) in [6, 6.07) is 14.3. The van der Waals surface area contributed by atoms with E-state index in [0.29, 0.717) is 36.8 Å². The van der Waals surface area contributed by atoms with Crippen molar-refractivity contribution in [2.75, 3.05) is 44.7 Å². The summed E-state index contributed by atoms with van der Waals surface area (Å²) in [6.07, 6.45) is -0.140. The van der Waals surface area contributed by atoms with Gasteiger partial charge in [0.05, 0.1) is 18.8 Å². The van der Waals surface area contributed by atoms with E-state index in [1.165, 1.54) is 24.4 Å². The van der Waals surface area contributed by atoms with Gasteiger partial charge in [0.15, 0.2) is 0 Å². The Hall–Kier alpha value is -4.22. The van der Waals surface area contributed by atoms with Crippen LogP contribution >= 0.6 is 0 Å². The number of rotatable bonds is 9. The number of halogens is 3. The first kappa shape index (κ1) is 27.8. The molecule has 3 aromatic rings. The van der Waals surface area contributed by atoms with Gasteiger partial charge in [-0.05, 0) is 54.1 Å². The average molecular weight is 541 g/mol. The monoisotopic (exact) mass is 540 g/mol. The molecule has 2 N–H and O–H groups in total. The van der Waals surface area contributed by atoms with Gasteiger partial charge in [-0.25, -0.2) is 0 Å². The van der Waals surface area contributed by atoms with Crippen LogP contribution in [0.3, 0.4) is 0 Å². The highest BCUT2D eigenvalue weighted by Gasteiger charge is 2.29. The molecule has 0 saturated carbocycles. The maximum Gasteiger partial charge on any atom is 0.416 e. The Bertz CT molecular complexity index is 1310. The van der Waals surface area contributed by atoms with Crippen molar-refractivity contribution in [3.05, 3.63) is 89.8 Å². The molecular weight excluding hydrogens is 513 g/mol. The molecule has 1 aliphatic rings. The number of nitrogens with one attached hydrogen (secondary N) is 2. The van der Waals surface area contributed by atoms with Crippen molar-refractivity contribution in [3.63, 3.8) is 0 Å². The lowest BCUT2D eigenvalue weighted by molar-refractivity contribution is -0.137. The van der Waals surface area contributed by atoms with Gasteiger partial charge in [0.2, 0.25) is 5.91 Å². The van der Waals surface area contributed by atoms with Crippen LogP contribution in [0, 0.1) is 0 Å². The Morgan fingerprint density at radius 1 is 1.03 bits per heavy atom. The Kier molecular flexibility index (Phi) is 9.29. The second-order valence-electron chi connectivity index (χ2n) is 8.66. The SMILES string of the molecule is O=C(C=Cc1cccc(Oc2ccnc(C(=O)NCCN3CCOCC3)c2)c1)Nc1ccc(C(F)(F)F)cc1. The number of benzene rings is 2. The standard InChI is InChI=1S/C28H27F3N4O4/c29-28(30,31)21-5-7-22(8-6-21)34-26(36)9-4-20-2-1-3-23(18-20)39-24-10-11-32-25(19-24)27(37)33-12-13-35-14-16-38-17-15-35/h1-11,18-19H,12-17H2,(H,33,37)(H,34,36). The highest BCUT2D eigenvalue weighted by Crippen LogP contribution is 2.30. The summed E-state index contributed by atoms with van der Waals surface area (Å²) in [6.45, 7) is 4.30. The van der Waals surface area contributed by atoms with E-state index in [4.69, 9.17) is 9.47 Å². The largest absolute Gasteiger partial charge is 0.457 e. The van der Waals surface area contributed by atoms with Crippen molar-refractivity contribution in [2.45, 2.75) is 6.18 Å². The normalized spacial score (nSPS) is 14.2. The van der Waals surface area contributed by atoms with Crippen LogP contribution in [0.1, 0.15) is 21.6 Å². The molecular formula is C28H27F3N4O4. The summed E-state index contributed by atoms with van der Waals surface area (Å²) >= 11 is 0. The third-order valence-corrected chi connectivity index (χ3v) is 5.78. The fourth-order valence-electron chi connectivity index (χ4n) is 3.76. The van der Waals surface area contributed by atoms with Gasteiger partial charge in [0.25, 0.3) is 5.91 Å². The molecule has 2 aromatic carbocycles. The lowest BCUT2D eigenvalue weighted by Gasteiger charge is -2.26. The van der Waals surface area contributed by atoms with Gasteiger partial charge in [-0.2, -0.15) is 13.2 Å². The van der Waals surface area contributed by atoms with Gasteiger partial charge in [-0.3, -0.25) is 19.5 Å². The topological polar surface area (TPSA) is 92.8 Å². The molecule has 8 nitrogen and oxygen atoms in total. The Balaban J connectivity index is 1.30. The summed E-state index contributed by atoms with van der Waals surface area (Å²) in [7, 11) is 0. The van der Waals surface area contributed by atoms with Crippen LogP contribution in [-0.2, 0) is 15.7 Å². The Morgan fingerprint density at radius 2 is 1.77 bits per heavy atom. The molecule has 0 bridgehead atoms. The Morgan fingerprint density at radius 3 is 2.51 bits per heavy atom. The van der Waals surface area contributed by atoms with E-state index in [9.17, 15) is 22.8 Å². The van der Waals surface area contributed by atoms with E-state index in [-0.39, 0.29) is 17.3 Å².